The predicted molar refractivity (Wildman–Crippen MR) is 89.9 cm³/mol. The van der Waals surface area contributed by atoms with Gasteiger partial charge in [0.15, 0.2) is 0 Å². The van der Waals surface area contributed by atoms with Gasteiger partial charge in [0.2, 0.25) is 5.91 Å². The third-order valence-electron chi connectivity index (χ3n) is 3.60. The largest absolute Gasteiger partial charge is 0.368 e. The van der Waals surface area contributed by atoms with E-state index in [4.69, 9.17) is 17.3 Å². The van der Waals surface area contributed by atoms with Crippen molar-refractivity contribution in [2.75, 3.05) is 0 Å². The molecule has 0 aliphatic carbocycles. The number of nitrogens with one attached hydrogen (secondary N) is 1. The lowest BCUT2D eigenvalue weighted by Gasteiger charge is -2.15. The van der Waals surface area contributed by atoms with Crippen LogP contribution in [-0.4, -0.2) is 17.9 Å². The van der Waals surface area contributed by atoms with Crippen LogP contribution in [0.5, 0.6) is 0 Å². The molecule has 0 saturated heterocycles. The molecule has 0 unspecified atom stereocenters. The van der Waals surface area contributed by atoms with E-state index >= 15 is 0 Å². The van der Waals surface area contributed by atoms with Gasteiger partial charge in [-0.1, -0.05) is 57.0 Å². The Kier molecular flexibility index (Phi) is 8.60. The molecule has 2 amide bonds. The number of nitrogens with two attached hydrogens (primary N) is 1. The van der Waals surface area contributed by atoms with Crippen LogP contribution >= 0.6 is 11.6 Å². The lowest BCUT2D eigenvalue weighted by atomic mass is 10.0. The van der Waals surface area contributed by atoms with Crippen LogP contribution < -0.4 is 11.1 Å². The number of carbonyl (C=O) groups is 2. The molecule has 0 fully saturated rings. The Hall–Kier alpha value is -1.55. The third kappa shape index (κ3) is 6.94. The van der Waals surface area contributed by atoms with Gasteiger partial charge in [0.05, 0.1) is 0 Å². The summed E-state index contributed by atoms with van der Waals surface area (Å²) in [5, 5.41) is 3.26. The molecule has 0 spiro atoms. The first kappa shape index (κ1) is 18.5. The molecule has 1 aromatic carbocycles. The number of carbonyl (C=O) groups excluding carboxylic acids is 2. The topological polar surface area (TPSA) is 72.2 Å². The summed E-state index contributed by atoms with van der Waals surface area (Å²) < 4.78 is 0. The van der Waals surface area contributed by atoms with Crippen LogP contribution in [0.1, 0.15) is 62.2 Å². The monoisotopic (exact) mass is 324 g/mol. The molecule has 0 bridgehead atoms. The maximum absolute atomic E-state index is 12.1. The van der Waals surface area contributed by atoms with E-state index in [1.54, 1.807) is 24.3 Å². The number of rotatable bonds is 10. The van der Waals surface area contributed by atoms with Crippen LogP contribution in [0.3, 0.4) is 0 Å². The maximum Gasteiger partial charge on any atom is 0.251 e. The zero-order valence-electron chi connectivity index (χ0n) is 13.1. The molecule has 0 aromatic heterocycles. The van der Waals surface area contributed by atoms with Gasteiger partial charge in [0.25, 0.3) is 5.91 Å². The van der Waals surface area contributed by atoms with Crippen LogP contribution in [0.25, 0.3) is 0 Å². The highest BCUT2D eigenvalue weighted by Crippen LogP contribution is 2.11. The van der Waals surface area contributed by atoms with Gasteiger partial charge in [-0.25, -0.2) is 0 Å². The lowest BCUT2D eigenvalue weighted by Crippen LogP contribution is -2.44. The highest BCUT2D eigenvalue weighted by molar-refractivity contribution is 6.30. The SMILES string of the molecule is CCCCCCCC[C@@H](NC(=O)c1ccc(Cl)cc1)C(N)=O. The Balaban J connectivity index is 2.41. The Labute approximate surface area is 137 Å². The quantitative estimate of drug-likeness (QED) is 0.644. The summed E-state index contributed by atoms with van der Waals surface area (Å²) in [6.07, 6.45) is 7.35. The van der Waals surface area contributed by atoms with Gasteiger partial charge in [-0.05, 0) is 30.7 Å². The Morgan fingerprint density at radius 3 is 2.27 bits per heavy atom. The summed E-state index contributed by atoms with van der Waals surface area (Å²) in [6.45, 7) is 2.18. The van der Waals surface area contributed by atoms with E-state index in [9.17, 15) is 9.59 Å². The molecule has 3 N–H and O–H groups in total. The minimum Gasteiger partial charge on any atom is -0.368 e. The summed E-state index contributed by atoms with van der Waals surface area (Å²) in [5.41, 5.74) is 5.85. The molecular formula is C17H25ClN2O2. The van der Waals surface area contributed by atoms with Gasteiger partial charge in [-0.2, -0.15) is 0 Å². The lowest BCUT2D eigenvalue weighted by molar-refractivity contribution is -0.120. The van der Waals surface area contributed by atoms with Crippen LogP contribution in [0.15, 0.2) is 24.3 Å². The molecule has 1 rings (SSSR count). The molecule has 0 aliphatic rings. The summed E-state index contributed by atoms with van der Waals surface area (Å²) in [7, 11) is 0. The van der Waals surface area contributed by atoms with E-state index in [2.05, 4.69) is 12.2 Å². The molecular weight excluding hydrogens is 300 g/mol. The highest BCUT2D eigenvalue weighted by atomic mass is 35.5. The smallest absolute Gasteiger partial charge is 0.251 e. The van der Waals surface area contributed by atoms with E-state index < -0.39 is 11.9 Å². The summed E-state index contributed by atoms with van der Waals surface area (Å²) >= 11 is 5.79. The minimum atomic E-state index is -0.616. The third-order valence-corrected chi connectivity index (χ3v) is 3.85. The van der Waals surface area contributed by atoms with Gasteiger partial charge >= 0.3 is 0 Å². The zero-order chi connectivity index (χ0) is 16.4. The Bertz CT molecular complexity index is 474. The van der Waals surface area contributed by atoms with Crippen LogP contribution in [-0.2, 0) is 4.79 Å². The van der Waals surface area contributed by atoms with E-state index in [1.807, 2.05) is 0 Å². The summed E-state index contributed by atoms with van der Waals surface area (Å²) in [6, 6.07) is 5.92. The van der Waals surface area contributed by atoms with Crippen molar-refractivity contribution >= 4 is 23.4 Å². The fourth-order valence-electron chi connectivity index (χ4n) is 2.26. The van der Waals surface area contributed by atoms with Crippen molar-refractivity contribution < 1.29 is 9.59 Å². The second kappa shape index (κ2) is 10.2. The van der Waals surface area contributed by atoms with E-state index in [1.165, 1.54) is 19.3 Å². The standard InChI is InChI=1S/C17H25ClN2O2/c1-2-3-4-5-6-7-8-15(16(19)21)20-17(22)13-9-11-14(18)12-10-13/h9-12,15H,2-8H2,1H3,(H2,19,21)(H,20,22)/t15-/m1/s1. The molecule has 4 nitrogen and oxygen atoms in total. The van der Waals surface area contributed by atoms with Gasteiger partial charge < -0.3 is 11.1 Å². The number of halogens is 1. The minimum absolute atomic E-state index is 0.300. The second-order valence-corrected chi connectivity index (χ2v) is 5.93. The number of unbranched alkanes of at least 4 members (excludes halogenated alkanes) is 5. The normalized spacial score (nSPS) is 11.9. The Morgan fingerprint density at radius 1 is 1.09 bits per heavy atom. The van der Waals surface area contributed by atoms with Crippen molar-refractivity contribution in [3.05, 3.63) is 34.9 Å². The predicted octanol–water partition coefficient (Wildman–Crippen LogP) is 3.67. The molecule has 5 heteroatoms. The van der Waals surface area contributed by atoms with Crippen molar-refractivity contribution in [2.45, 2.75) is 57.9 Å². The average molecular weight is 325 g/mol. The number of hydrogen-bond acceptors (Lipinski definition) is 2. The first-order chi connectivity index (χ1) is 10.5. The van der Waals surface area contributed by atoms with Crippen LogP contribution in [0.4, 0.5) is 0 Å². The molecule has 122 valence electrons. The van der Waals surface area contributed by atoms with Gasteiger partial charge in [0, 0.05) is 10.6 Å². The molecule has 1 aromatic rings. The highest BCUT2D eigenvalue weighted by Gasteiger charge is 2.18. The summed E-state index contributed by atoms with van der Waals surface area (Å²) in [4.78, 5) is 23.6. The molecule has 0 radical (unpaired) electrons. The second-order valence-electron chi connectivity index (χ2n) is 5.49. The molecule has 22 heavy (non-hydrogen) atoms. The van der Waals surface area contributed by atoms with Crippen LogP contribution in [0, 0.1) is 0 Å². The van der Waals surface area contributed by atoms with Crippen molar-refractivity contribution in [2.24, 2.45) is 5.73 Å². The Morgan fingerprint density at radius 2 is 1.68 bits per heavy atom. The maximum atomic E-state index is 12.1. The van der Waals surface area contributed by atoms with Gasteiger partial charge in [-0.3, -0.25) is 9.59 Å². The van der Waals surface area contributed by atoms with Crippen LogP contribution in [0.2, 0.25) is 5.02 Å². The molecule has 0 heterocycles. The van der Waals surface area contributed by atoms with Crippen molar-refractivity contribution in [1.29, 1.82) is 0 Å². The number of benzene rings is 1. The van der Waals surface area contributed by atoms with Crippen molar-refractivity contribution in [3.8, 4) is 0 Å². The first-order valence-electron chi connectivity index (χ1n) is 7.90. The van der Waals surface area contributed by atoms with Gasteiger partial charge in [0.1, 0.15) is 6.04 Å². The van der Waals surface area contributed by atoms with E-state index in [-0.39, 0.29) is 5.91 Å². The zero-order valence-corrected chi connectivity index (χ0v) is 13.9. The van der Waals surface area contributed by atoms with Crippen molar-refractivity contribution in [3.63, 3.8) is 0 Å². The molecule has 0 aliphatic heterocycles. The summed E-state index contributed by atoms with van der Waals surface area (Å²) in [5.74, 6) is -0.790. The fourth-order valence-corrected chi connectivity index (χ4v) is 2.38. The van der Waals surface area contributed by atoms with E-state index in [0.29, 0.717) is 17.0 Å². The number of hydrogen-bond donors (Lipinski definition) is 2. The number of amides is 2. The van der Waals surface area contributed by atoms with Crippen molar-refractivity contribution in [1.82, 2.24) is 5.32 Å². The fraction of sp³-hybridized carbons (Fsp3) is 0.529. The number of primary amides is 1. The average Bonchev–Trinajstić information content (AvgIpc) is 2.49. The first-order valence-corrected chi connectivity index (χ1v) is 8.28. The van der Waals surface area contributed by atoms with E-state index in [0.717, 1.165) is 19.3 Å². The molecule has 1 atom stereocenters. The van der Waals surface area contributed by atoms with Gasteiger partial charge in [-0.15, -0.1) is 0 Å². The molecule has 0 saturated carbocycles.